The molecule has 1 amide bonds. The molecule has 3 aromatic rings. The van der Waals surface area contributed by atoms with Gasteiger partial charge in [-0.3, -0.25) is 14.9 Å². The van der Waals surface area contributed by atoms with Crippen LogP contribution in [0.4, 0.5) is 30.4 Å². The largest absolute Gasteiger partial charge is 0.496 e. The number of nitrogens with zero attached hydrogens (tertiary/aromatic N) is 3. The van der Waals surface area contributed by atoms with E-state index in [4.69, 9.17) is 9.15 Å². The summed E-state index contributed by atoms with van der Waals surface area (Å²) < 4.78 is 52.0. The van der Waals surface area contributed by atoms with Crippen LogP contribution in [0.2, 0.25) is 0 Å². The number of aromatic nitrogens is 2. The average molecular weight is 451 g/mol. The Hall–Kier alpha value is -4.03. The maximum atomic E-state index is 13.7. The molecule has 1 aliphatic heterocycles. The topological polar surface area (TPSA) is 124 Å². The molecule has 1 aromatic carbocycles. The number of hydrogen-bond donors (Lipinski definition) is 2. The van der Waals surface area contributed by atoms with Crippen molar-refractivity contribution in [2.75, 3.05) is 17.7 Å². The number of ether oxygens (including phenoxy) is 1. The predicted octanol–water partition coefficient (Wildman–Crippen LogP) is 4.31. The van der Waals surface area contributed by atoms with Crippen molar-refractivity contribution in [1.82, 2.24) is 9.78 Å². The molecule has 0 radical (unpaired) electrons. The fourth-order valence-electron chi connectivity index (χ4n) is 3.43. The second-order valence-electron chi connectivity index (χ2n) is 7.00. The van der Waals surface area contributed by atoms with Crippen molar-refractivity contribution < 1.29 is 32.0 Å². The van der Waals surface area contributed by atoms with Crippen LogP contribution >= 0.6 is 0 Å². The van der Waals surface area contributed by atoms with Crippen molar-refractivity contribution >= 4 is 23.1 Å². The van der Waals surface area contributed by atoms with Crippen LogP contribution in [0.15, 0.2) is 47.1 Å². The first kappa shape index (κ1) is 21.2. The number of methoxy groups -OCH3 is 1. The van der Waals surface area contributed by atoms with E-state index in [1.54, 1.807) is 12.1 Å². The van der Waals surface area contributed by atoms with E-state index in [9.17, 15) is 28.1 Å². The Kier molecular flexibility index (Phi) is 5.24. The molecule has 2 aromatic heterocycles. The van der Waals surface area contributed by atoms with Gasteiger partial charge in [-0.15, -0.1) is 0 Å². The Bertz CT molecular complexity index is 1160. The normalized spacial score (nSPS) is 17.9. The molecule has 0 bridgehead atoms. The Balaban J connectivity index is 1.63. The number of benzene rings is 1. The van der Waals surface area contributed by atoms with Crippen LogP contribution < -0.4 is 15.4 Å². The van der Waals surface area contributed by atoms with Crippen LogP contribution in [0.1, 0.15) is 34.8 Å². The van der Waals surface area contributed by atoms with Gasteiger partial charge in [0, 0.05) is 24.6 Å². The summed E-state index contributed by atoms with van der Waals surface area (Å²) in [6, 6.07) is 5.16. The van der Waals surface area contributed by atoms with Crippen LogP contribution in [0.25, 0.3) is 0 Å². The van der Waals surface area contributed by atoms with E-state index in [0.717, 1.165) is 12.1 Å². The van der Waals surface area contributed by atoms with Gasteiger partial charge in [0.15, 0.2) is 11.7 Å². The quantitative estimate of drug-likeness (QED) is 0.438. The number of fused-ring (bicyclic) bond motifs is 1. The van der Waals surface area contributed by atoms with Gasteiger partial charge in [-0.2, -0.15) is 18.3 Å². The third-order valence-corrected chi connectivity index (χ3v) is 4.90. The number of nitro benzene ring substituents is 1. The van der Waals surface area contributed by atoms with Gasteiger partial charge in [0.25, 0.3) is 11.6 Å². The average Bonchev–Trinajstić information content (AvgIpc) is 3.41. The van der Waals surface area contributed by atoms with E-state index >= 15 is 0 Å². The number of nitrogens with one attached hydrogen (secondary N) is 2. The zero-order chi connectivity index (χ0) is 23.0. The molecule has 2 atom stereocenters. The third kappa shape index (κ3) is 4.08. The standard InChI is InChI=1S/C19H16F3N5O5/c1-31-12-6-10(5-11(7-12)27(29)30)23-18(28)14-9-17-24-13(15-3-2-4-32-15)8-16(19(20,21)22)26(17)25-14/h2-7,9,13,16,24H,8H2,1H3,(H,23,28). The molecule has 1 aliphatic rings. The number of alkyl halides is 3. The molecule has 2 N–H and O–H groups in total. The van der Waals surface area contributed by atoms with E-state index in [1.807, 2.05) is 0 Å². The van der Waals surface area contributed by atoms with Gasteiger partial charge >= 0.3 is 6.18 Å². The zero-order valence-electron chi connectivity index (χ0n) is 16.4. The number of non-ortho nitro benzene ring substituents is 1. The van der Waals surface area contributed by atoms with Crippen molar-refractivity contribution in [2.45, 2.75) is 24.7 Å². The summed E-state index contributed by atoms with van der Waals surface area (Å²) in [5.74, 6) is -0.409. The van der Waals surface area contributed by atoms with Gasteiger partial charge < -0.3 is 19.8 Å². The lowest BCUT2D eigenvalue weighted by Crippen LogP contribution is -2.35. The lowest BCUT2D eigenvalue weighted by atomic mass is 10.0. The highest BCUT2D eigenvalue weighted by molar-refractivity contribution is 6.03. The molecular formula is C19H16F3N5O5. The molecule has 168 valence electrons. The van der Waals surface area contributed by atoms with E-state index in [1.165, 1.54) is 25.5 Å². The molecular weight excluding hydrogens is 435 g/mol. The summed E-state index contributed by atoms with van der Waals surface area (Å²) in [5, 5.41) is 20.2. The Morgan fingerprint density at radius 2 is 2.16 bits per heavy atom. The molecule has 0 fully saturated rings. The van der Waals surface area contributed by atoms with Crippen LogP contribution in [-0.4, -0.2) is 33.9 Å². The number of nitro groups is 1. The Labute approximate surface area is 178 Å². The maximum Gasteiger partial charge on any atom is 0.410 e. The molecule has 4 rings (SSSR count). The van der Waals surface area contributed by atoms with Crippen molar-refractivity contribution in [3.8, 4) is 5.75 Å². The summed E-state index contributed by atoms with van der Waals surface area (Å²) in [6.07, 6.45) is -3.64. The van der Waals surface area contributed by atoms with E-state index < -0.39 is 29.1 Å². The monoisotopic (exact) mass is 451 g/mol. The number of amides is 1. The lowest BCUT2D eigenvalue weighted by Gasteiger charge is -2.32. The van der Waals surface area contributed by atoms with Crippen molar-refractivity contribution in [3.63, 3.8) is 0 Å². The van der Waals surface area contributed by atoms with Gasteiger partial charge in [-0.05, 0) is 12.1 Å². The molecule has 0 spiro atoms. The molecule has 10 nitrogen and oxygen atoms in total. The first-order chi connectivity index (χ1) is 15.2. The van der Waals surface area contributed by atoms with Gasteiger partial charge in [-0.25, -0.2) is 4.68 Å². The van der Waals surface area contributed by atoms with E-state index in [-0.39, 0.29) is 35.1 Å². The fourth-order valence-corrected chi connectivity index (χ4v) is 3.43. The Morgan fingerprint density at radius 1 is 1.38 bits per heavy atom. The maximum absolute atomic E-state index is 13.7. The predicted molar refractivity (Wildman–Crippen MR) is 105 cm³/mol. The molecule has 0 aliphatic carbocycles. The van der Waals surface area contributed by atoms with Crippen molar-refractivity contribution in [1.29, 1.82) is 0 Å². The second-order valence-corrected chi connectivity index (χ2v) is 7.00. The van der Waals surface area contributed by atoms with Gasteiger partial charge in [0.1, 0.15) is 17.3 Å². The smallest absolute Gasteiger partial charge is 0.410 e. The second kappa shape index (κ2) is 7.90. The Morgan fingerprint density at radius 3 is 2.78 bits per heavy atom. The summed E-state index contributed by atoms with van der Waals surface area (Å²) in [7, 11) is 1.30. The molecule has 0 saturated heterocycles. The van der Waals surface area contributed by atoms with Crippen LogP contribution in [0.3, 0.4) is 0 Å². The number of furan rings is 1. The molecule has 3 heterocycles. The van der Waals surface area contributed by atoms with Gasteiger partial charge in [0.05, 0.1) is 36.1 Å². The fraction of sp³-hybridized carbons (Fsp3) is 0.263. The van der Waals surface area contributed by atoms with Crippen molar-refractivity contribution in [2.24, 2.45) is 0 Å². The van der Waals surface area contributed by atoms with Crippen LogP contribution in [0.5, 0.6) is 5.75 Å². The zero-order valence-corrected chi connectivity index (χ0v) is 16.4. The first-order valence-electron chi connectivity index (χ1n) is 9.26. The number of halogens is 3. The van der Waals surface area contributed by atoms with E-state index in [2.05, 4.69) is 15.7 Å². The lowest BCUT2D eigenvalue weighted by molar-refractivity contribution is -0.384. The molecule has 13 heteroatoms. The molecule has 32 heavy (non-hydrogen) atoms. The van der Waals surface area contributed by atoms with Crippen LogP contribution in [0, 0.1) is 10.1 Å². The SMILES string of the molecule is COc1cc(NC(=O)c2cc3n(n2)C(C(F)(F)F)CC(c2ccco2)N3)cc([N+](=O)[O-])c1. The highest BCUT2D eigenvalue weighted by Gasteiger charge is 2.47. The van der Waals surface area contributed by atoms with Gasteiger partial charge in [-0.1, -0.05) is 0 Å². The third-order valence-electron chi connectivity index (χ3n) is 4.90. The minimum Gasteiger partial charge on any atom is -0.496 e. The molecule has 2 unspecified atom stereocenters. The minimum absolute atomic E-state index is 0.0123. The minimum atomic E-state index is -4.62. The van der Waals surface area contributed by atoms with Crippen molar-refractivity contribution in [3.05, 3.63) is 64.2 Å². The summed E-state index contributed by atoms with van der Waals surface area (Å²) >= 11 is 0. The number of carbonyl (C=O) groups excluding carboxylic acids is 1. The number of carbonyl (C=O) groups is 1. The highest BCUT2D eigenvalue weighted by atomic mass is 19.4. The first-order valence-corrected chi connectivity index (χ1v) is 9.26. The number of rotatable bonds is 5. The summed E-state index contributed by atoms with van der Waals surface area (Å²) in [6.45, 7) is 0. The van der Waals surface area contributed by atoms with Crippen LogP contribution in [-0.2, 0) is 0 Å². The summed E-state index contributed by atoms with van der Waals surface area (Å²) in [4.78, 5) is 23.1. The highest BCUT2D eigenvalue weighted by Crippen LogP contribution is 2.43. The van der Waals surface area contributed by atoms with Gasteiger partial charge in [0.2, 0.25) is 0 Å². The summed E-state index contributed by atoms with van der Waals surface area (Å²) in [5.41, 5.74) is -0.600. The molecule has 0 saturated carbocycles. The number of anilines is 2. The number of hydrogen-bond acceptors (Lipinski definition) is 7. The van der Waals surface area contributed by atoms with E-state index in [0.29, 0.717) is 10.4 Å².